The average Bonchev–Trinajstić information content (AvgIpc) is 3.10. The fraction of sp³-hybridized carbons (Fsp3) is 0.333. The predicted molar refractivity (Wildman–Crippen MR) is 120 cm³/mol. The van der Waals surface area contributed by atoms with Crippen LogP contribution < -0.4 is 5.73 Å². The summed E-state index contributed by atoms with van der Waals surface area (Å²) in [5.74, 6) is 0.254. The van der Waals surface area contributed by atoms with Crippen LogP contribution in [0.2, 0.25) is 5.02 Å². The number of nitrogens with one attached hydrogen (secondary N) is 1. The summed E-state index contributed by atoms with van der Waals surface area (Å²) >= 11 is 6.32. The summed E-state index contributed by atoms with van der Waals surface area (Å²) in [4.78, 5) is 3.76. The van der Waals surface area contributed by atoms with Crippen LogP contribution in [0.25, 0.3) is 11.1 Å². The molecule has 0 bridgehead atoms. The molecule has 3 aromatic rings. The smallest absolute Gasteiger partial charge is 0.367 e. The number of hydrogen-bond donors (Lipinski definition) is 2. The van der Waals surface area contributed by atoms with Crippen LogP contribution in [-0.4, -0.2) is 40.5 Å². The third kappa shape index (κ3) is 5.31. The van der Waals surface area contributed by atoms with Gasteiger partial charge < -0.3 is 5.73 Å². The molecule has 0 aliphatic carbocycles. The first kappa shape index (κ1) is 25.0. The third-order valence-corrected chi connectivity index (χ3v) is 7.52. The highest BCUT2D eigenvalue weighted by Crippen LogP contribution is 2.42. The van der Waals surface area contributed by atoms with Gasteiger partial charge in [-0.2, -0.15) is 22.5 Å². The Morgan fingerprint density at radius 3 is 2.36 bits per heavy atom. The van der Waals surface area contributed by atoms with Crippen LogP contribution in [0.5, 0.6) is 0 Å². The first-order valence-corrected chi connectivity index (χ1v) is 11.6. The average molecular weight is 502 g/mol. The van der Waals surface area contributed by atoms with Gasteiger partial charge in [-0.15, -0.1) is 5.10 Å². The van der Waals surface area contributed by atoms with Gasteiger partial charge in [0.1, 0.15) is 5.82 Å². The highest BCUT2D eigenvalue weighted by atomic mass is 35.5. The summed E-state index contributed by atoms with van der Waals surface area (Å²) in [6.45, 7) is 5.15. The second kappa shape index (κ2) is 8.62. The number of alkyl halides is 3. The molecule has 0 unspecified atom stereocenters. The Balaban J connectivity index is 2.14. The van der Waals surface area contributed by atoms with Gasteiger partial charge in [0.25, 0.3) is 0 Å². The highest BCUT2D eigenvalue weighted by molar-refractivity contribution is 7.89. The number of H-pyrrole nitrogens is 1. The molecule has 0 saturated heterocycles. The van der Waals surface area contributed by atoms with Gasteiger partial charge in [0.2, 0.25) is 16.0 Å². The molecular formula is C21H23ClF3N5O2S. The third-order valence-electron chi connectivity index (χ3n) is 5.10. The molecular weight excluding hydrogens is 479 g/mol. The Morgan fingerprint density at radius 1 is 1.15 bits per heavy atom. The molecule has 1 heterocycles. The summed E-state index contributed by atoms with van der Waals surface area (Å²) in [5, 5.41) is 6.03. The number of aromatic amines is 1. The van der Waals surface area contributed by atoms with Crippen LogP contribution in [0.4, 0.5) is 19.1 Å². The Morgan fingerprint density at radius 2 is 1.82 bits per heavy atom. The van der Waals surface area contributed by atoms with Gasteiger partial charge in [-0.1, -0.05) is 23.7 Å². The van der Waals surface area contributed by atoms with Crippen LogP contribution in [0, 0.1) is 0 Å². The van der Waals surface area contributed by atoms with E-state index in [9.17, 15) is 21.6 Å². The van der Waals surface area contributed by atoms with E-state index < -0.39 is 27.3 Å². The maximum Gasteiger partial charge on any atom is 0.417 e. The van der Waals surface area contributed by atoms with E-state index in [2.05, 4.69) is 15.2 Å². The van der Waals surface area contributed by atoms with E-state index in [0.29, 0.717) is 0 Å². The second-order valence-electron chi connectivity index (χ2n) is 8.49. The van der Waals surface area contributed by atoms with Crippen molar-refractivity contribution in [2.24, 2.45) is 0 Å². The fourth-order valence-corrected chi connectivity index (χ4v) is 5.11. The Labute approximate surface area is 194 Å². The molecule has 0 radical (unpaired) electrons. The number of anilines is 1. The maximum atomic E-state index is 14.0. The molecule has 0 spiro atoms. The molecule has 0 aliphatic heterocycles. The zero-order chi connectivity index (χ0) is 24.8. The van der Waals surface area contributed by atoms with Crippen molar-refractivity contribution in [2.45, 2.75) is 43.8 Å². The number of nitrogen functional groups attached to an aromatic ring is 1. The number of halogens is 4. The quantitative estimate of drug-likeness (QED) is 0.525. The summed E-state index contributed by atoms with van der Waals surface area (Å²) in [6.07, 6.45) is -4.75. The van der Waals surface area contributed by atoms with Gasteiger partial charge in [-0.05, 0) is 56.2 Å². The van der Waals surface area contributed by atoms with E-state index in [0.717, 1.165) is 10.4 Å². The Hall–Kier alpha value is -2.63. The molecule has 178 valence electrons. The lowest BCUT2D eigenvalue weighted by Crippen LogP contribution is -2.42. The van der Waals surface area contributed by atoms with Gasteiger partial charge >= 0.3 is 6.18 Å². The summed E-state index contributed by atoms with van der Waals surface area (Å²) < 4.78 is 69.3. The topological polar surface area (TPSA) is 105 Å². The molecule has 0 atom stereocenters. The number of nitrogens with zero attached hydrogens (tertiary/aromatic N) is 3. The second-order valence-corrected chi connectivity index (χ2v) is 10.9. The fourth-order valence-electron chi connectivity index (χ4n) is 3.20. The molecule has 0 fully saturated rings. The van der Waals surface area contributed by atoms with Crippen molar-refractivity contribution >= 4 is 27.6 Å². The molecule has 3 N–H and O–H groups in total. The lowest BCUT2D eigenvalue weighted by atomic mass is 9.96. The number of sulfonamides is 1. The van der Waals surface area contributed by atoms with Crippen molar-refractivity contribution in [3.05, 3.63) is 58.4 Å². The van der Waals surface area contributed by atoms with E-state index >= 15 is 0 Å². The molecule has 2 aromatic carbocycles. The van der Waals surface area contributed by atoms with Crippen molar-refractivity contribution in [3.8, 4) is 11.1 Å². The number of hydrogen-bond acceptors (Lipinski definition) is 5. The van der Waals surface area contributed by atoms with Crippen LogP contribution in [-0.2, 0) is 22.6 Å². The molecule has 12 heteroatoms. The minimum absolute atomic E-state index is 0.00191. The zero-order valence-electron chi connectivity index (χ0n) is 18.3. The molecule has 0 saturated carbocycles. The van der Waals surface area contributed by atoms with E-state index in [1.165, 1.54) is 37.4 Å². The molecule has 3 rings (SSSR count). The standard InChI is InChI=1S/C21H23ClF3N5O2S/c1-20(2,3)30(4)33(31,32)14-7-5-6-13(11-14)18-15(21(23,24)25)8-12(9-16(18)22)10-17-27-19(26)29-28-17/h5-9,11H,10H2,1-4H3,(H3,26,27,28,29). The monoisotopic (exact) mass is 501 g/mol. The Kier molecular flexibility index (Phi) is 6.53. The Bertz CT molecular complexity index is 1280. The SMILES string of the molecule is CN(C(C)(C)C)S(=O)(=O)c1cccc(-c2c(Cl)cc(Cc3nc(N)n[nH]3)cc2C(F)(F)F)c1. The van der Waals surface area contributed by atoms with Gasteiger partial charge in [-0.25, -0.2) is 8.42 Å². The van der Waals surface area contributed by atoms with E-state index in [4.69, 9.17) is 17.3 Å². The number of rotatable bonds is 5. The van der Waals surface area contributed by atoms with Crippen molar-refractivity contribution in [2.75, 3.05) is 12.8 Å². The van der Waals surface area contributed by atoms with Crippen molar-refractivity contribution in [1.82, 2.24) is 19.5 Å². The largest absolute Gasteiger partial charge is 0.417 e. The molecule has 1 aromatic heterocycles. The first-order valence-electron chi connectivity index (χ1n) is 9.76. The van der Waals surface area contributed by atoms with Crippen LogP contribution in [0.1, 0.15) is 37.7 Å². The summed E-state index contributed by atoms with van der Waals surface area (Å²) in [7, 11) is -2.54. The van der Waals surface area contributed by atoms with Gasteiger partial charge in [0, 0.05) is 29.6 Å². The summed E-state index contributed by atoms with van der Waals surface area (Å²) in [6, 6.07) is 7.66. The lowest BCUT2D eigenvalue weighted by molar-refractivity contribution is -0.137. The molecule has 33 heavy (non-hydrogen) atoms. The van der Waals surface area contributed by atoms with Crippen molar-refractivity contribution < 1.29 is 21.6 Å². The van der Waals surface area contributed by atoms with Crippen LogP contribution in [0.15, 0.2) is 41.3 Å². The predicted octanol–water partition coefficient (Wildman–Crippen LogP) is 4.74. The van der Waals surface area contributed by atoms with E-state index in [-0.39, 0.29) is 44.8 Å². The normalized spacial score (nSPS) is 13.0. The molecule has 0 aliphatic rings. The van der Waals surface area contributed by atoms with E-state index in [1.807, 2.05) is 0 Å². The lowest BCUT2D eigenvalue weighted by Gasteiger charge is -2.31. The zero-order valence-corrected chi connectivity index (χ0v) is 19.9. The van der Waals surface area contributed by atoms with Gasteiger partial charge in [-0.3, -0.25) is 5.10 Å². The maximum absolute atomic E-state index is 14.0. The number of aromatic nitrogens is 3. The van der Waals surface area contributed by atoms with Crippen molar-refractivity contribution in [3.63, 3.8) is 0 Å². The minimum Gasteiger partial charge on any atom is -0.367 e. The van der Waals surface area contributed by atoms with Crippen LogP contribution in [0.3, 0.4) is 0 Å². The van der Waals surface area contributed by atoms with Crippen molar-refractivity contribution in [1.29, 1.82) is 0 Å². The summed E-state index contributed by atoms with van der Waals surface area (Å²) in [5.41, 5.74) is 3.70. The minimum atomic E-state index is -4.74. The number of nitrogens with two attached hydrogens (primary N) is 1. The van der Waals surface area contributed by atoms with E-state index in [1.54, 1.807) is 20.8 Å². The van der Waals surface area contributed by atoms with Gasteiger partial charge in [0.15, 0.2) is 0 Å². The number of benzene rings is 2. The molecule has 0 amide bonds. The molecule has 7 nitrogen and oxygen atoms in total. The first-order chi connectivity index (χ1) is 15.1. The van der Waals surface area contributed by atoms with Gasteiger partial charge in [0.05, 0.1) is 10.5 Å². The van der Waals surface area contributed by atoms with Crippen LogP contribution >= 0.6 is 11.6 Å². The highest BCUT2D eigenvalue weighted by Gasteiger charge is 2.36.